The number of aryl methyl sites for hydroxylation is 1. The topological polar surface area (TPSA) is 133 Å². The molecule has 2 aromatic carbocycles. The maximum Gasteiger partial charge on any atom is 0.289 e. The van der Waals surface area contributed by atoms with Crippen LogP contribution in [0.2, 0.25) is 0 Å². The monoisotopic (exact) mass is 552 g/mol. The maximum absolute atomic E-state index is 12.2. The highest BCUT2D eigenvalue weighted by Crippen LogP contribution is 2.30. The van der Waals surface area contributed by atoms with E-state index in [4.69, 9.17) is 0 Å². The highest BCUT2D eigenvalue weighted by Gasteiger charge is 2.26. The fourth-order valence-electron chi connectivity index (χ4n) is 3.56. The smallest absolute Gasteiger partial charge is 0.289 e. The van der Waals surface area contributed by atoms with Crippen molar-refractivity contribution in [1.29, 1.82) is 0 Å². The Balaban J connectivity index is 0.00000103. The molecule has 0 saturated carbocycles. The van der Waals surface area contributed by atoms with Gasteiger partial charge in [-0.3, -0.25) is 24.0 Å². The lowest BCUT2D eigenvalue weighted by atomic mass is 10.1. The quantitative estimate of drug-likeness (QED) is 0.354. The molecule has 3 rings (SSSR count). The summed E-state index contributed by atoms with van der Waals surface area (Å²) in [5.74, 6) is -2.31. The van der Waals surface area contributed by atoms with E-state index in [1.54, 1.807) is 30.3 Å². The van der Waals surface area contributed by atoms with Gasteiger partial charge in [-0.15, -0.1) is 0 Å². The molecule has 0 bridgehead atoms. The van der Waals surface area contributed by atoms with Crippen molar-refractivity contribution in [3.63, 3.8) is 0 Å². The zero-order valence-electron chi connectivity index (χ0n) is 24.5. The first kappa shape index (κ1) is 34.0. The van der Waals surface area contributed by atoms with E-state index in [0.29, 0.717) is 12.0 Å². The molecule has 1 aliphatic rings. The lowest BCUT2D eigenvalue weighted by Crippen LogP contribution is -2.49. The number of nitrogens with one attached hydrogen (secondary N) is 4. The van der Waals surface area contributed by atoms with Crippen LogP contribution < -0.4 is 21.3 Å². The summed E-state index contributed by atoms with van der Waals surface area (Å²) in [5.41, 5.74) is 2.56. The summed E-state index contributed by atoms with van der Waals surface area (Å²) >= 11 is 0. The Morgan fingerprint density at radius 2 is 1.40 bits per heavy atom. The van der Waals surface area contributed by atoms with E-state index in [1.165, 1.54) is 13.3 Å². The Morgan fingerprint density at radius 3 is 2.02 bits per heavy atom. The molecule has 0 unspecified atom stereocenters. The number of rotatable bonds is 9. The lowest BCUT2D eigenvalue weighted by molar-refractivity contribution is -0.138. The van der Waals surface area contributed by atoms with Gasteiger partial charge in [-0.25, -0.2) is 0 Å². The van der Waals surface area contributed by atoms with E-state index in [1.807, 2.05) is 24.3 Å². The van der Waals surface area contributed by atoms with Crippen LogP contribution in [0.5, 0.6) is 0 Å². The van der Waals surface area contributed by atoms with Crippen LogP contribution >= 0.6 is 0 Å². The summed E-state index contributed by atoms with van der Waals surface area (Å²) in [6.45, 7) is 11.4. The zero-order chi connectivity index (χ0) is 30.1. The molecule has 0 radical (unpaired) electrons. The molecule has 2 aromatic rings. The van der Waals surface area contributed by atoms with Gasteiger partial charge in [0.25, 0.3) is 11.8 Å². The molecular weight excluding hydrogens is 508 g/mol. The molecule has 0 spiro atoms. The van der Waals surface area contributed by atoms with Crippen molar-refractivity contribution in [2.75, 3.05) is 13.1 Å². The molecule has 0 aromatic heterocycles. The molecule has 4 amide bonds. The van der Waals surface area contributed by atoms with Gasteiger partial charge in [-0.2, -0.15) is 0 Å². The predicted octanol–water partition coefficient (Wildman–Crippen LogP) is 3.49. The molecular formula is C31H44N4O5. The fraction of sp³-hybridized carbons (Fsp3) is 0.452. The van der Waals surface area contributed by atoms with E-state index in [-0.39, 0.29) is 12.6 Å². The minimum Gasteiger partial charge on any atom is -0.347 e. The van der Waals surface area contributed by atoms with Crippen LogP contribution in [-0.2, 0) is 25.6 Å². The second kappa shape index (κ2) is 18.3. The third-order valence-corrected chi connectivity index (χ3v) is 5.33. The number of carbonyl (C=O) groups is 5. The first-order valence-electron chi connectivity index (χ1n) is 13.8. The van der Waals surface area contributed by atoms with Gasteiger partial charge in [0.1, 0.15) is 6.04 Å². The number of fused-ring (bicyclic) bond motifs is 1. The van der Waals surface area contributed by atoms with Crippen LogP contribution in [0.15, 0.2) is 54.6 Å². The molecule has 0 fully saturated rings. The highest BCUT2D eigenvalue weighted by molar-refractivity contribution is 6.37. The van der Waals surface area contributed by atoms with E-state index < -0.39 is 42.0 Å². The molecule has 2 atom stereocenters. The highest BCUT2D eigenvalue weighted by atomic mass is 16.2. The number of hydrogen-bond acceptors (Lipinski definition) is 5. The van der Waals surface area contributed by atoms with Gasteiger partial charge >= 0.3 is 0 Å². The summed E-state index contributed by atoms with van der Waals surface area (Å²) < 4.78 is 0. The molecule has 0 saturated heterocycles. The number of carbonyl (C=O) groups excluding carboxylic acids is 5. The van der Waals surface area contributed by atoms with Crippen LogP contribution in [-0.4, -0.2) is 48.5 Å². The average Bonchev–Trinajstić information content (AvgIpc) is 3.33. The molecule has 218 valence electrons. The van der Waals surface area contributed by atoms with Crippen LogP contribution in [0.25, 0.3) is 0 Å². The average molecular weight is 553 g/mol. The summed E-state index contributed by atoms with van der Waals surface area (Å²) in [7, 11) is 0. The van der Waals surface area contributed by atoms with Crippen LogP contribution in [0.4, 0.5) is 0 Å². The number of amides is 4. The third kappa shape index (κ3) is 12.7. The Kier molecular flexibility index (Phi) is 15.6. The SMILES string of the molecule is CC(C)C.CCC.C[C@H](NC(=O)CNC(=O)c1ccccc1)C(=O)NCC(=O)C(=O)N[C@@H]1CCc2ccccc21. The molecule has 0 aliphatic heterocycles. The van der Waals surface area contributed by atoms with E-state index in [9.17, 15) is 24.0 Å². The van der Waals surface area contributed by atoms with Crippen LogP contribution in [0, 0.1) is 5.92 Å². The van der Waals surface area contributed by atoms with Gasteiger partial charge in [0.15, 0.2) is 0 Å². The predicted molar refractivity (Wildman–Crippen MR) is 157 cm³/mol. The van der Waals surface area contributed by atoms with Gasteiger partial charge in [-0.1, -0.05) is 83.5 Å². The van der Waals surface area contributed by atoms with Crippen molar-refractivity contribution in [3.05, 3.63) is 71.3 Å². The van der Waals surface area contributed by atoms with Gasteiger partial charge in [-0.05, 0) is 48.9 Å². The van der Waals surface area contributed by atoms with E-state index in [0.717, 1.165) is 23.5 Å². The van der Waals surface area contributed by atoms with Crippen molar-refractivity contribution >= 4 is 29.4 Å². The van der Waals surface area contributed by atoms with E-state index in [2.05, 4.69) is 55.9 Å². The Labute approximate surface area is 237 Å². The van der Waals surface area contributed by atoms with Crippen LogP contribution in [0.3, 0.4) is 0 Å². The Bertz CT molecular complexity index is 1110. The number of benzene rings is 2. The van der Waals surface area contributed by atoms with Gasteiger partial charge in [0.05, 0.1) is 19.1 Å². The number of Topliss-reactive ketones (excluding diaryl/α,β-unsaturated/α-hetero) is 1. The standard InChI is InChI=1S/C24H26N4O5.C4H10.C3H8/c1-15(27-21(30)14-26-23(32)17-8-3-2-4-9-17)22(31)25-13-20(29)24(33)28-19-12-11-16-7-5-6-10-18(16)19;1-4(2)3;1-3-2/h2-10,15,19H,11-14H2,1H3,(H,25,31)(H,26,32)(H,27,30)(H,28,33);4H,1-3H3;3H2,1-2H3/t15-,19+;;/m0../s1. The van der Waals surface area contributed by atoms with E-state index >= 15 is 0 Å². The first-order valence-corrected chi connectivity index (χ1v) is 13.8. The zero-order valence-corrected chi connectivity index (χ0v) is 24.5. The molecule has 0 heterocycles. The van der Waals surface area contributed by atoms with Crippen molar-refractivity contribution in [2.24, 2.45) is 5.92 Å². The van der Waals surface area contributed by atoms with Crippen molar-refractivity contribution in [2.45, 2.75) is 72.9 Å². The largest absolute Gasteiger partial charge is 0.347 e. The maximum atomic E-state index is 12.2. The molecule has 4 N–H and O–H groups in total. The minimum atomic E-state index is -0.955. The molecule has 1 aliphatic carbocycles. The fourth-order valence-corrected chi connectivity index (χ4v) is 3.56. The second-order valence-electron chi connectivity index (χ2n) is 10.2. The summed E-state index contributed by atoms with van der Waals surface area (Å²) in [4.78, 5) is 60.5. The molecule has 9 nitrogen and oxygen atoms in total. The van der Waals surface area contributed by atoms with Gasteiger partial charge < -0.3 is 21.3 Å². The van der Waals surface area contributed by atoms with Crippen molar-refractivity contribution in [1.82, 2.24) is 21.3 Å². The number of ketones is 1. The second-order valence-corrected chi connectivity index (χ2v) is 10.2. The van der Waals surface area contributed by atoms with Crippen LogP contribution in [0.1, 0.15) is 81.9 Å². The minimum absolute atomic E-state index is 0.224. The normalized spacial score (nSPS) is 13.7. The Hall–Kier alpha value is -4.01. The molecule has 40 heavy (non-hydrogen) atoms. The summed E-state index contributed by atoms with van der Waals surface area (Å²) in [6, 6.07) is 15.0. The van der Waals surface area contributed by atoms with Crippen molar-refractivity contribution < 1.29 is 24.0 Å². The third-order valence-electron chi connectivity index (χ3n) is 5.33. The Morgan fingerprint density at radius 1 is 0.825 bits per heavy atom. The first-order chi connectivity index (χ1) is 19.0. The van der Waals surface area contributed by atoms with Gasteiger partial charge in [0.2, 0.25) is 17.6 Å². The van der Waals surface area contributed by atoms with Gasteiger partial charge in [0, 0.05) is 5.56 Å². The lowest BCUT2D eigenvalue weighted by Gasteiger charge is -2.15. The summed E-state index contributed by atoms with van der Waals surface area (Å²) in [5, 5.41) is 9.95. The summed E-state index contributed by atoms with van der Waals surface area (Å²) in [6.07, 6.45) is 2.80. The molecule has 9 heteroatoms. The van der Waals surface area contributed by atoms with Crippen molar-refractivity contribution in [3.8, 4) is 0 Å². The number of hydrogen-bond donors (Lipinski definition) is 4.